The lowest BCUT2D eigenvalue weighted by atomic mass is 9.94. The molecule has 0 N–H and O–H groups in total. The maximum absolute atomic E-state index is 15.2. The predicted octanol–water partition coefficient (Wildman–Crippen LogP) is 5.67. The fourth-order valence-electron chi connectivity index (χ4n) is 4.10. The van der Waals surface area contributed by atoms with Crippen molar-refractivity contribution in [3.63, 3.8) is 0 Å². The lowest BCUT2D eigenvalue weighted by molar-refractivity contribution is 0.122. The Bertz CT molecular complexity index is 1240. The van der Waals surface area contributed by atoms with Crippen LogP contribution in [0.15, 0.2) is 65.1 Å². The number of aliphatic imine (C=N–C) groups is 1. The number of fused-ring (bicyclic) bond motifs is 1. The molecule has 0 unspecified atom stereocenters. The number of anilines is 1. The summed E-state index contributed by atoms with van der Waals surface area (Å²) in [7, 11) is 0. The van der Waals surface area contributed by atoms with Crippen LogP contribution in [0, 0.1) is 12.7 Å². The first-order chi connectivity index (χ1) is 16.0. The lowest BCUT2D eigenvalue weighted by Crippen LogP contribution is -2.36. The van der Waals surface area contributed by atoms with Gasteiger partial charge >= 0.3 is 0 Å². The van der Waals surface area contributed by atoms with Crippen LogP contribution in [0.5, 0.6) is 0 Å². The van der Waals surface area contributed by atoms with Gasteiger partial charge in [-0.25, -0.2) is 14.4 Å². The van der Waals surface area contributed by atoms with Gasteiger partial charge in [-0.2, -0.15) is 0 Å². The van der Waals surface area contributed by atoms with Gasteiger partial charge in [-0.1, -0.05) is 11.1 Å². The number of rotatable bonds is 6. The van der Waals surface area contributed by atoms with E-state index in [1.54, 1.807) is 12.3 Å². The highest BCUT2D eigenvalue weighted by Crippen LogP contribution is 2.32. The molecule has 5 nitrogen and oxygen atoms in total. The van der Waals surface area contributed by atoms with E-state index in [9.17, 15) is 0 Å². The van der Waals surface area contributed by atoms with E-state index in [-0.39, 0.29) is 5.82 Å². The second kappa shape index (κ2) is 10.0. The zero-order chi connectivity index (χ0) is 23.4. The van der Waals surface area contributed by atoms with E-state index in [1.807, 2.05) is 32.1 Å². The highest BCUT2D eigenvalue weighted by atomic mass is 19.1. The van der Waals surface area contributed by atoms with E-state index >= 15 is 4.39 Å². The molecule has 33 heavy (non-hydrogen) atoms. The first-order valence-electron chi connectivity index (χ1n) is 11.1. The van der Waals surface area contributed by atoms with Gasteiger partial charge in [0.2, 0.25) is 0 Å². The quantitative estimate of drug-likeness (QED) is 0.363. The summed E-state index contributed by atoms with van der Waals surface area (Å²) in [5, 5.41) is 0.839. The van der Waals surface area contributed by atoms with Crippen LogP contribution >= 0.6 is 0 Å². The number of nitrogens with zero attached hydrogens (tertiary/aromatic N) is 4. The van der Waals surface area contributed by atoms with Crippen molar-refractivity contribution in [2.24, 2.45) is 4.99 Å². The van der Waals surface area contributed by atoms with E-state index in [2.05, 4.69) is 45.6 Å². The second-order valence-corrected chi connectivity index (χ2v) is 8.42. The van der Waals surface area contributed by atoms with Crippen LogP contribution in [0.3, 0.4) is 0 Å². The third-order valence-corrected chi connectivity index (χ3v) is 6.24. The Hall–Kier alpha value is -3.38. The van der Waals surface area contributed by atoms with Gasteiger partial charge in [0.15, 0.2) is 0 Å². The molecular formula is C27H29FN4O. The van der Waals surface area contributed by atoms with E-state index < -0.39 is 0 Å². The molecule has 2 aromatic carbocycles. The van der Waals surface area contributed by atoms with Crippen LogP contribution in [-0.2, 0) is 11.2 Å². The molecule has 3 aromatic rings. The number of allylic oxidation sites excluding steroid dienone is 3. The molecular weight excluding hydrogens is 415 g/mol. The molecule has 0 amide bonds. The Balaban J connectivity index is 1.74. The standard InChI is InChI=1S/C27H29FN4O/c1-18(7-8-29-4)19(2)13-21-15-24(25(28)14-20(21)3)27-23-6-5-22(16-26(23)30-17-31-27)32-9-11-33-12-10-32/h5-8,14-17H,4,9-13H2,1-3H3/b8-7-,19-18+. The van der Waals surface area contributed by atoms with Crippen molar-refractivity contribution in [1.29, 1.82) is 0 Å². The van der Waals surface area contributed by atoms with Crippen molar-refractivity contribution >= 4 is 23.3 Å². The maximum atomic E-state index is 15.2. The van der Waals surface area contributed by atoms with Crippen molar-refractivity contribution in [1.82, 2.24) is 9.97 Å². The van der Waals surface area contributed by atoms with E-state index in [4.69, 9.17) is 4.74 Å². The number of halogens is 1. The van der Waals surface area contributed by atoms with Gasteiger partial charge < -0.3 is 9.64 Å². The SMILES string of the molecule is C=N/C=C\C(C)=C(/C)Cc1cc(-c2ncnc3cc(N4CCOCC4)ccc23)c(F)cc1C. The number of ether oxygens (including phenoxy) is 1. The number of aryl methyl sites for hydroxylation is 1. The van der Waals surface area contributed by atoms with Crippen molar-refractivity contribution < 1.29 is 9.13 Å². The number of morpholine rings is 1. The average Bonchev–Trinajstić information content (AvgIpc) is 2.84. The molecule has 0 atom stereocenters. The van der Waals surface area contributed by atoms with Gasteiger partial charge in [0.1, 0.15) is 12.1 Å². The summed E-state index contributed by atoms with van der Waals surface area (Å²) in [6.45, 7) is 12.7. The molecule has 1 aliphatic rings. The van der Waals surface area contributed by atoms with Gasteiger partial charge in [0, 0.05) is 35.9 Å². The van der Waals surface area contributed by atoms with Gasteiger partial charge in [0.25, 0.3) is 0 Å². The molecule has 1 aliphatic heterocycles. The van der Waals surface area contributed by atoms with Crippen LogP contribution < -0.4 is 4.90 Å². The third kappa shape index (κ3) is 5.01. The van der Waals surface area contributed by atoms with Crippen molar-refractivity contribution in [2.75, 3.05) is 31.2 Å². The Labute approximate surface area is 194 Å². The summed E-state index contributed by atoms with van der Waals surface area (Å²) in [5.74, 6) is -0.275. The van der Waals surface area contributed by atoms with E-state index in [0.29, 0.717) is 11.3 Å². The minimum atomic E-state index is -0.275. The molecule has 0 saturated carbocycles. The number of benzene rings is 2. The van der Waals surface area contributed by atoms with Crippen LogP contribution in [0.4, 0.5) is 10.1 Å². The van der Waals surface area contributed by atoms with Crippen LogP contribution in [0.1, 0.15) is 25.0 Å². The molecule has 6 heteroatoms. The van der Waals surface area contributed by atoms with Crippen LogP contribution in [-0.4, -0.2) is 43.0 Å². The summed E-state index contributed by atoms with van der Waals surface area (Å²) < 4.78 is 20.6. The minimum Gasteiger partial charge on any atom is -0.378 e. The van der Waals surface area contributed by atoms with Crippen LogP contribution in [0.2, 0.25) is 0 Å². The lowest BCUT2D eigenvalue weighted by Gasteiger charge is -2.29. The van der Waals surface area contributed by atoms with Gasteiger partial charge in [-0.05, 0) is 81.4 Å². The van der Waals surface area contributed by atoms with Crippen molar-refractivity contribution in [2.45, 2.75) is 27.2 Å². The first kappa shape index (κ1) is 22.8. The topological polar surface area (TPSA) is 50.6 Å². The molecule has 0 spiro atoms. The largest absolute Gasteiger partial charge is 0.378 e. The van der Waals surface area contributed by atoms with Crippen molar-refractivity contribution in [3.8, 4) is 11.3 Å². The van der Waals surface area contributed by atoms with Gasteiger partial charge in [0.05, 0.1) is 24.4 Å². The minimum absolute atomic E-state index is 0.275. The number of aromatic nitrogens is 2. The molecule has 4 rings (SSSR count). The Morgan fingerprint density at radius 2 is 1.97 bits per heavy atom. The predicted molar refractivity (Wildman–Crippen MR) is 133 cm³/mol. The summed E-state index contributed by atoms with van der Waals surface area (Å²) in [6, 6.07) is 9.63. The Kier molecular flexibility index (Phi) is 6.94. The third-order valence-electron chi connectivity index (χ3n) is 6.24. The molecule has 1 fully saturated rings. The smallest absolute Gasteiger partial charge is 0.132 e. The molecule has 0 aliphatic carbocycles. The zero-order valence-corrected chi connectivity index (χ0v) is 19.4. The summed E-state index contributed by atoms with van der Waals surface area (Å²) in [4.78, 5) is 15.0. The molecule has 170 valence electrons. The highest BCUT2D eigenvalue weighted by Gasteiger charge is 2.17. The molecule has 2 heterocycles. The highest BCUT2D eigenvalue weighted by molar-refractivity contribution is 5.94. The van der Waals surface area contributed by atoms with Gasteiger partial charge in [-0.3, -0.25) is 4.99 Å². The summed E-state index contributed by atoms with van der Waals surface area (Å²) in [5.41, 5.74) is 7.31. The fourth-order valence-corrected chi connectivity index (χ4v) is 4.10. The monoisotopic (exact) mass is 444 g/mol. The first-order valence-corrected chi connectivity index (χ1v) is 11.1. The zero-order valence-electron chi connectivity index (χ0n) is 19.4. The van der Waals surface area contributed by atoms with E-state index in [0.717, 1.165) is 66.0 Å². The second-order valence-electron chi connectivity index (χ2n) is 8.42. The summed E-state index contributed by atoms with van der Waals surface area (Å²) in [6.07, 6.45) is 5.85. The Morgan fingerprint density at radius 1 is 1.18 bits per heavy atom. The van der Waals surface area contributed by atoms with Crippen LogP contribution in [0.25, 0.3) is 22.2 Å². The van der Waals surface area contributed by atoms with E-state index in [1.165, 1.54) is 11.9 Å². The van der Waals surface area contributed by atoms with Gasteiger partial charge in [-0.15, -0.1) is 0 Å². The number of hydrogen-bond donors (Lipinski definition) is 0. The average molecular weight is 445 g/mol. The Morgan fingerprint density at radius 3 is 2.73 bits per heavy atom. The molecule has 0 radical (unpaired) electrons. The fraction of sp³-hybridized carbons (Fsp3) is 0.296. The summed E-state index contributed by atoms with van der Waals surface area (Å²) >= 11 is 0. The molecule has 1 aromatic heterocycles. The number of hydrogen-bond acceptors (Lipinski definition) is 5. The molecule has 1 saturated heterocycles. The molecule has 0 bridgehead atoms. The van der Waals surface area contributed by atoms with Crippen molar-refractivity contribution in [3.05, 3.63) is 77.0 Å². The maximum Gasteiger partial charge on any atom is 0.132 e. The normalized spacial score (nSPS) is 15.2.